The van der Waals surface area contributed by atoms with Gasteiger partial charge < -0.3 is 9.84 Å². The first-order valence-corrected chi connectivity index (χ1v) is 12.4. The van der Waals surface area contributed by atoms with Crippen molar-refractivity contribution in [2.75, 3.05) is 13.1 Å². The van der Waals surface area contributed by atoms with Gasteiger partial charge in [-0.05, 0) is 51.0 Å². The van der Waals surface area contributed by atoms with Crippen LogP contribution in [0.1, 0.15) is 65.8 Å². The van der Waals surface area contributed by atoms with E-state index < -0.39 is 12.6 Å². The molecule has 11 heteroatoms. The fourth-order valence-corrected chi connectivity index (χ4v) is 5.71. The number of amides is 1. The van der Waals surface area contributed by atoms with Crippen LogP contribution in [-0.4, -0.2) is 51.2 Å². The molecule has 0 bridgehead atoms. The van der Waals surface area contributed by atoms with Crippen LogP contribution >= 0.6 is 11.3 Å². The molecule has 2 aromatic heterocycles. The van der Waals surface area contributed by atoms with E-state index in [1.54, 1.807) is 6.92 Å². The lowest BCUT2D eigenvalue weighted by molar-refractivity contribution is -0.134. The minimum absolute atomic E-state index is 0.0182. The van der Waals surface area contributed by atoms with E-state index in [4.69, 9.17) is 4.52 Å². The molecule has 0 atom stereocenters. The molecule has 1 amide bonds. The van der Waals surface area contributed by atoms with Crippen LogP contribution in [0, 0.1) is 12.8 Å². The monoisotopic (exact) mass is 485 g/mol. The highest BCUT2D eigenvalue weighted by atomic mass is 32.1. The number of aryl methyl sites for hydroxylation is 2. The maximum absolute atomic E-state index is 12.5. The summed E-state index contributed by atoms with van der Waals surface area (Å²) in [4.78, 5) is 24.3. The summed E-state index contributed by atoms with van der Waals surface area (Å²) in [6.45, 7) is 4.35. The standard InChI is InChI=1S/C22H30F3N5O2S/c1-14-26-19(29-32-14)12-20(31)27-16-4-2-15(3-5-16)7-10-30-11-8-18-17(13-30)28-21(33-18)6-9-22(23,24)25/h15-16H,2-13H2,1H3,(H,27,31)/t15-,16-. The molecule has 1 aliphatic carbocycles. The normalized spacial score (nSPS) is 21.7. The van der Waals surface area contributed by atoms with Gasteiger partial charge in [-0.1, -0.05) is 5.16 Å². The lowest BCUT2D eigenvalue weighted by Crippen LogP contribution is -2.39. The molecule has 0 saturated heterocycles. The number of hydrogen-bond acceptors (Lipinski definition) is 7. The van der Waals surface area contributed by atoms with Gasteiger partial charge in [-0.3, -0.25) is 9.69 Å². The summed E-state index contributed by atoms with van der Waals surface area (Å²) in [6.07, 6.45) is 1.28. The Labute approximate surface area is 195 Å². The molecule has 1 aliphatic heterocycles. The van der Waals surface area contributed by atoms with Crippen molar-refractivity contribution in [3.63, 3.8) is 0 Å². The smallest absolute Gasteiger partial charge is 0.353 e. The predicted octanol–water partition coefficient (Wildman–Crippen LogP) is 4.00. The number of carbonyl (C=O) groups excluding carboxylic acids is 1. The van der Waals surface area contributed by atoms with Crippen molar-refractivity contribution < 1.29 is 22.5 Å². The van der Waals surface area contributed by atoms with Crippen LogP contribution < -0.4 is 5.32 Å². The molecule has 1 N–H and O–H groups in total. The number of nitrogens with zero attached hydrogens (tertiary/aromatic N) is 4. The third-order valence-corrected chi connectivity index (χ3v) is 7.64. The van der Waals surface area contributed by atoms with Crippen molar-refractivity contribution >= 4 is 17.2 Å². The molecular formula is C22H30F3N5O2S. The van der Waals surface area contributed by atoms with E-state index in [-0.39, 0.29) is 24.8 Å². The van der Waals surface area contributed by atoms with Gasteiger partial charge in [0.15, 0.2) is 5.82 Å². The van der Waals surface area contributed by atoms with Crippen LogP contribution in [0.15, 0.2) is 4.52 Å². The van der Waals surface area contributed by atoms with Gasteiger partial charge in [0.2, 0.25) is 11.8 Å². The molecule has 7 nitrogen and oxygen atoms in total. The minimum atomic E-state index is -4.13. The summed E-state index contributed by atoms with van der Waals surface area (Å²) in [7, 11) is 0. The number of thiazole rings is 1. The fraction of sp³-hybridized carbons (Fsp3) is 0.727. The number of fused-ring (bicyclic) bond motifs is 1. The van der Waals surface area contributed by atoms with Crippen molar-refractivity contribution in [3.05, 3.63) is 27.3 Å². The van der Waals surface area contributed by atoms with Crippen molar-refractivity contribution in [1.82, 2.24) is 25.3 Å². The summed E-state index contributed by atoms with van der Waals surface area (Å²) in [5.74, 6) is 1.44. The summed E-state index contributed by atoms with van der Waals surface area (Å²) >= 11 is 1.45. The lowest BCUT2D eigenvalue weighted by Gasteiger charge is -2.32. The van der Waals surface area contributed by atoms with Crippen molar-refractivity contribution in [1.29, 1.82) is 0 Å². The molecule has 4 rings (SSSR count). The second-order valence-electron chi connectivity index (χ2n) is 9.10. The van der Waals surface area contributed by atoms with E-state index in [2.05, 4.69) is 25.3 Å². The van der Waals surface area contributed by atoms with E-state index in [9.17, 15) is 18.0 Å². The zero-order chi connectivity index (χ0) is 23.4. The largest absolute Gasteiger partial charge is 0.389 e. The number of nitrogens with one attached hydrogen (secondary N) is 1. The van der Waals surface area contributed by atoms with E-state index in [1.807, 2.05) is 0 Å². The van der Waals surface area contributed by atoms with E-state index in [0.717, 1.165) is 68.7 Å². The van der Waals surface area contributed by atoms with Crippen LogP contribution in [0.4, 0.5) is 13.2 Å². The van der Waals surface area contributed by atoms with Crippen LogP contribution in [0.25, 0.3) is 0 Å². The van der Waals surface area contributed by atoms with Gasteiger partial charge in [0.05, 0.1) is 17.1 Å². The molecule has 2 aromatic rings. The van der Waals surface area contributed by atoms with Gasteiger partial charge in [-0.15, -0.1) is 11.3 Å². The molecule has 33 heavy (non-hydrogen) atoms. The Balaban J connectivity index is 1.15. The third-order valence-electron chi connectivity index (χ3n) is 6.43. The Morgan fingerprint density at radius 3 is 2.73 bits per heavy atom. The van der Waals surface area contributed by atoms with Crippen LogP contribution in [-0.2, 0) is 30.6 Å². The lowest BCUT2D eigenvalue weighted by atomic mass is 9.84. The Hall–Kier alpha value is -2.01. The molecular weight excluding hydrogens is 455 g/mol. The van der Waals surface area contributed by atoms with Crippen LogP contribution in [0.2, 0.25) is 0 Å². The first-order chi connectivity index (χ1) is 15.7. The average Bonchev–Trinajstić information content (AvgIpc) is 3.36. The van der Waals surface area contributed by atoms with Gasteiger partial charge in [0, 0.05) is 43.8 Å². The van der Waals surface area contributed by atoms with Gasteiger partial charge in [-0.2, -0.15) is 18.2 Å². The Bertz CT molecular complexity index is 937. The molecule has 0 spiro atoms. The second kappa shape index (κ2) is 10.5. The number of carbonyl (C=O) groups is 1. The topological polar surface area (TPSA) is 84.2 Å². The van der Waals surface area contributed by atoms with Gasteiger partial charge in [0.1, 0.15) is 0 Å². The fourth-order valence-electron chi connectivity index (χ4n) is 4.65. The van der Waals surface area contributed by atoms with E-state index in [1.165, 1.54) is 11.3 Å². The van der Waals surface area contributed by atoms with Gasteiger partial charge in [0.25, 0.3) is 0 Å². The number of hydrogen-bond donors (Lipinski definition) is 1. The van der Waals surface area contributed by atoms with E-state index in [0.29, 0.717) is 22.6 Å². The Morgan fingerprint density at radius 1 is 1.24 bits per heavy atom. The predicted molar refractivity (Wildman–Crippen MR) is 117 cm³/mol. The molecule has 1 fully saturated rings. The number of halogens is 3. The summed E-state index contributed by atoms with van der Waals surface area (Å²) in [5.41, 5.74) is 0.964. The molecule has 0 unspecified atom stereocenters. The zero-order valence-electron chi connectivity index (χ0n) is 18.8. The maximum atomic E-state index is 12.5. The highest BCUT2D eigenvalue weighted by molar-refractivity contribution is 7.11. The number of rotatable bonds is 8. The molecule has 1 saturated carbocycles. The molecule has 182 valence electrons. The summed E-state index contributed by atoms with van der Waals surface area (Å²) in [6, 6.07) is 0.199. The summed E-state index contributed by atoms with van der Waals surface area (Å²) < 4.78 is 42.3. The Morgan fingerprint density at radius 2 is 2.03 bits per heavy atom. The summed E-state index contributed by atoms with van der Waals surface area (Å²) in [5, 5.41) is 7.46. The Kier molecular flexibility index (Phi) is 7.68. The first kappa shape index (κ1) is 24.1. The zero-order valence-corrected chi connectivity index (χ0v) is 19.6. The maximum Gasteiger partial charge on any atom is 0.389 e. The van der Waals surface area contributed by atoms with Gasteiger partial charge >= 0.3 is 6.18 Å². The highest BCUT2D eigenvalue weighted by Gasteiger charge is 2.29. The van der Waals surface area contributed by atoms with Crippen molar-refractivity contribution in [2.24, 2.45) is 5.92 Å². The molecule has 0 aromatic carbocycles. The van der Waals surface area contributed by atoms with Crippen molar-refractivity contribution in [3.8, 4) is 0 Å². The molecule has 0 radical (unpaired) electrons. The minimum Gasteiger partial charge on any atom is -0.353 e. The van der Waals surface area contributed by atoms with Gasteiger partial charge in [-0.25, -0.2) is 4.98 Å². The first-order valence-electron chi connectivity index (χ1n) is 11.6. The third kappa shape index (κ3) is 7.23. The van der Waals surface area contributed by atoms with Crippen molar-refractivity contribution in [2.45, 2.75) is 83.5 Å². The van der Waals surface area contributed by atoms with Crippen LogP contribution in [0.3, 0.4) is 0 Å². The number of alkyl halides is 3. The quantitative estimate of drug-likeness (QED) is 0.609. The highest BCUT2D eigenvalue weighted by Crippen LogP contribution is 2.30. The average molecular weight is 486 g/mol. The molecule has 2 aliphatic rings. The number of aromatic nitrogens is 3. The molecule has 3 heterocycles. The second-order valence-corrected chi connectivity index (χ2v) is 10.3. The van der Waals surface area contributed by atoms with Crippen LogP contribution in [0.5, 0.6) is 0 Å². The SMILES string of the molecule is Cc1nc(CC(=O)N[C@H]2CC[C@H](CCN3CCc4sc(CCC(F)(F)F)nc4C3)CC2)no1. The van der Waals surface area contributed by atoms with E-state index >= 15 is 0 Å².